The maximum atomic E-state index is 8.77. The summed E-state index contributed by atoms with van der Waals surface area (Å²) in [5.41, 5.74) is 2.48. The molecule has 0 fully saturated rings. The van der Waals surface area contributed by atoms with Crippen LogP contribution in [0, 0.1) is 0 Å². The molecule has 3 heteroatoms. The van der Waals surface area contributed by atoms with Gasteiger partial charge in [-0.05, 0) is 11.1 Å². The third-order valence-electron chi connectivity index (χ3n) is 2.54. The second-order valence-electron chi connectivity index (χ2n) is 3.70. The highest BCUT2D eigenvalue weighted by molar-refractivity contribution is 6.56. The van der Waals surface area contributed by atoms with E-state index in [1.54, 1.807) is 0 Å². The number of oxime groups is 1. The number of hydrogen-bond acceptors (Lipinski definition) is 2. The predicted octanol–water partition coefficient (Wildman–Crippen LogP) is 4.25. The molecule has 0 radical (unpaired) electrons. The van der Waals surface area contributed by atoms with Crippen molar-refractivity contribution in [1.29, 1.82) is 0 Å². The van der Waals surface area contributed by atoms with Crippen molar-refractivity contribution >= 4 is 28.4 Å². The summed E-state index contributed by atoms with van der Waals surface area (Å²) in [7, 11) is 0. The number of allylic oxidation sites excluding steroid dienone is 1. The number of nitrogens with zero attached hydrogens (tertiary/aromatic N) is 1. The molecule has 2 aromatic rings. The highest BCUT2D eigenvalue weighted by atomic mass is 35.5. The van der Waals surface area contributed by atoms with Crippen LogP contribution in [0.5, 0.6) is 0 Å². The molecule has 0 saturated heterocycles. The Hall–Kier alpha value is -2.06. The van der Waals surface area contributed by atoms with Crippen LogP contribution in [0.25, 0.3) is 10.6 Å². The zero-order valence-corrected chi connectivity index (χ0v) is 10.4. The molecule has 2 aromatic carbocycles. The fourth-order valence-corrected chi connectivity index (χ4v) is 1.96. The van der Waals surface area contributed by atoms with Gasteiger partial charge in [-0.15, -0.1) is 0 Å². The molecule has 0 amide bonds. The maximum Gasteiger partial charge on any atom is 0.0755 e. The van der Waals surface area contributed by atoms with E-state index >= 15 is 0 Å². The predicted molar refractivity (Wildman–Crippen MR) is 75.8 cm³/mol. The number of hydrogen-bond donors (Lipinski definition) is 1. The SMILES string of the molecule is O/N=C\C(=C(\Cl)c1ccccc1)c1ccccc1. The number of halogens is 1. The van der Waals surface area contributed by atoms with Crippen molar-refractivity contribution in [1.82, 2.24) is 0 Å². The van der Waals surface area contributed by atoms with E-state index in [1.807, 2.05) is 60.7 Å². The Morgan fingerprint density at radius 1 is 0.889 bits per heavy atom. The summed E-state index contributed by atoms with van der Waals surface area (Å²) in [6.45, 7) is 0. The maximum absolute atomic E-state index is 8.77. The van der Waals surface area contributed by atoms with Gasteiger partial charge in [0.05, 0.1) is 11.2 Å². The summed E-state index contributed by atoms with van der Waals surface area (Å²) in [5.74, 6) is 0. The van der Waals surface area contributed by atoms with Crippen molar-refractivity contribution in [2.45, 2.75) is 0 Å². The van der Waals surface area contributed by atoms with Crippen LogP contribution in [-0.2, 0) is 0 Å². The first kappa shape index (κ1) is 12.4. The Morgan fingerprint density at radius 3 is 1.89 bits per heavy atom. The molecule has 90 valence electrons. The molecule has 0 unspecified atom stereocenters. The van der Waals surface area contributed by atoms with Crippen molar-refractivity contribution < 1.29 is 5.21 Å². The van der Waals surface area contributed by atoms with E-state index in [0.717, 1.165) is 11.1 Å². The van der Waals surface area contributed by atoms with Gasteiger partial charge in [0.1, 0.15) is 0 Å². The largest absolute Gasteiger partial charge is 0.411 e. The van der Waals surface area contributed by atoms with Crippen molar-refractivity contribution in [3.63, 3.8) is 0 Å². The molecule has 2 nitrogen and oxygen atoms in total. The smallest absolute Gasteiger partial charge is 0.0755 e. The van der Waals surface area contributed by atoms with E-state index in [9.17, 15) is 0 Å². The summed E-state index contributed by atoms with van der Waals surface area (Å²) in [6.07, 6.45) is 1.35. The van der Waals surface area contributed by atoms with Crippen molar-refractivity contribution in [3.8, 4) is 0 Å². The second kappa shape index (κ2) is 6.03. The molecule has 0 atom stereocenters. The van der Waals surface area contributed by atoms with E-state index in [1.165, 1.54) is 6.21 Å². The first-order chi connectivity index (χ1) is 8.83. The summed E-state index contributed by atoms with van der Waals surface area (Å²) in [6, 6.07) is 19.2. The second-order valence-corrected chi connectivity index (χ2v) is 4.08. The van der Waals surface area contributed by atoms with Gasteiger partial charge in [-0.2, -0.15) is 0 Å². The Balaban J connectivity index is 2.54. The molecular formula is C15H12ClNO. The van der Waals surface area contributed by atoms with Gasteiger partial charge in [0.25, 0.3) is 0 Å². The molecular weight excluding hydrogens is 246 g/mol. The van der Waals surface area contributed by atoms with Gasteiger partial charge in [-0.3, -0.25) is 0 Å². The Labute approximate surface area is 111 Å². The highest BCUT2D eigenvalue weighted by Crippen LogP contribution is 2.28. The van der Waals surface area contributed by atoms with E-state index in [4.69, 9.17) is 16.8 Å². The van der Waals surface area contributed by atoms with Crippen LogP contribution >= 0.6 is 11.6 Å². The number of benzene rings is 2. The molecule has 0 saturated carbocycles. The lowest BCUT2D eigenvalue weighted by atomic mass is 10.0. The molecule has 18 heavy (non-hydrogen) atoms. The van der Waals surface area contributed by atoms with Crippen LogP contribution in [0.2, 0.25) is 0 Å². The molecule has 0 aliphatic heterocycles. The quantitative estimate of drug-likeness (QED) is 0.379. The minimum absolute atomic E-state index is 0.555. The summed E-state index contributed by atoms with van der Waals surface area (Å²) in [5, 5.41) is 12.4. The van der Waals surface area contributed by atoms with Gasteiger partial charge in [0.2, 0.25) is 0 Å². The topological polar surface area (TPSA) is 32.6 Å². The standard InChI is InChI=1S/C15H12ClNO/c16-15(13-9-5-2-6-10-13)14(11-17-18)12-7-3-1-4-8-12/h1-11,18H/b15-14-,17-11-. The van der Waals surface area contributed by atoms with Gasteiger partial charge in [0, 0.05) is 5.57 Å². The van der Waals surface area contributed by atoms with Crippen molar-refractivity contribution in [3.05, 3.63) is 71.8 Å². The first-order valence-electron chi connectivity index (χ1n) is 5.51. The van der Waals surface area contributed by atoms with Gasteiger partial charge in [-0.1, -0.05) is 77.4 Å². The van der Waals surface area contributed by atoms with Crippen LogP contribution < -0.4 is 0 Å². The highest BCUT2D eigenvalue weighted by Gasteiger charge is 2.07. The van der Waals surface area contributed by atoms with Crippen LogP contribution in [0.1, 0.15) is 11.1 Å². The van der Waals surface area contributed by atoms with Gasteiger partial charge < -0.3 is 5.21 Å². The molecule has 0 heterocycles. The Kier molecular flexibility index (Phi) is 4.15. The zero-order chi connectivity index (χ0) is 12.8. The van der Waals surface area contributed by atoms with E-state index < -0.39 is 0 Å². The van der Waals surface area contributed by atoms with E-state index in [2.05, 4.69) is 5.16 Å². The van der Waals surface area contributed by atoms with Crippen LogP contribution in [0.3, 0.4) is 0 Å². The third kappa shape index (κ3) is 2.79. The van der Waals surface area contributed by atoms with E-state index in [-0.39, 0.29) is 0 Å². The lowest BCUT2D eigenvalue weighted by Gasteiger charge is -2.06. The minimum atomic E-state index is 0.555. The fourth-order valence-electron chi connectivity index (χ4n) is 1.67. The lowest BCUT2D eigenvalue weighted by molar-refractivity contribution is 0.322. The van der Waals surface area contributed by atoms with Crippen molar-refractivity contribution in [2.75, 3.05) is 0 Å². The van der Waals surface area contributed by atoms with Crippen LogP contribution in [-0.4, -0.2) is 11.4 Å². The average Bonchev–Trinajstić information content (AvgIpc) is 2.46. The number of rotatable bonds is 3. The van der Waals surface area contributed by atoms with Crippen molar-refractivity contribution in [2.24, 2.45) is 5.16 Å². The third-order valence-corrected chi connectivity index (χ3v) is 2.96. The minimum Gasteiger partial charge on any atom is -0.411 e. The van der Waals surface area contributed by atoms with Crippen LogP contribution in [0.4, 0.5) is 0 Å². The molecule has 0 aliphatic carbocycles. The first-order valence-corrected chi connectivity index (χ1v) is 5.89. The normalized spacial score (nSPS) is 12.5. The Morgan fingerprint density at radius 2 is 1.39 bits per heavy atom. The summed E-state index contributed by atoms with van der Waals surface area (Å²) >= 11 is 6.36. The molecule has 1 N–H and O–H groups in total. The van der Waals surface area contributed by atoms with Gasteiger partial charge >= 0.3 is 0 Å². The van der Waals surface area contributed by atoms with Crippen LogP contribution in [0.15, 0.2) is 65.8 Å². The lowest BCUT2D eigenvalue weighted by Crippen LogP contribution is -1.90. The fraction of sp³-hybridized carbons (Fsp3) is 0. The van der Waals surface area contributed by atoms with E-state index in [0.29, 0.717) is 10.6 Å². The molecule has 0 aromatic heterocycles. The summed E-state index contributed by atoms with van der Waals surface area (Å²) in [4.78, 5) is 0. The molecule has 0 aliphatic rings. The molecule has 2 rings (SSSR count). The van der Waals surface area contributed by atoms with Gasteiger partial charge in [0.15, 0.2) is 0 Å². The average molecular weight is 258 g/mol. The molecule has 0 spiro atoms. The van der Waals surface area contributed by atoms with Gasteiger partial charge in [-0.25, -0.2) is 0 Å². The molecule has 0 bridgehead atoms. The zero-order valence-electron chi connectivity index (χ0n) is 9.62. The Bertz CT molecular complexity index is 562. The summed E-state index contributed by atoms with van der Waals surface area (Å²) < 4.78 is 0. The monoisotopic (exact) mass is 257 g/mol.